The lowest BCUT2D eigenvalue weighted by molar-refractivity contribution is -0.515. The number of benzene rings is 1. The van der Waals surface area contributed by atoms with E-state index in [4.69, 9.17) is 34.3 Å². The molecule has 0 heterocycles. The zero-order valence-electron chi connectivity index (χ0n) is 12.1. The zero-order chi connectivity index (χ0) is 17.6. The van der Waals surface area contributed by atoms with Crippen LogP contribution < -0.4 is 5.73 Å². The molecule has 122 valence electrons. The molecule has 3 unspecified atom stereocenters. The van der Waals surface area contributed by atoms with Gasteiger partial charge >= 0.3 is 12.0 Å². The van der Waals surface area contributed by atoms with Crippen LogP contribution in [-0.4, -0.2) is 28.5 Å². The summed E-state index contributed by atoms with van der Waals surface area (Å²) >= 11 is 10.6. The first-order valence-electron chi connectivity index (χ1n) is 6.58. The molecule has 0 spiro atoms. The Bertz CT molecular complexity index is 644. The summed E-state index contributed by atoms with van der Waals surface area (Å²) in [5.41, 5.74) is 5.89. The second-order valence-corrected chi connectivity index (χ2v) is 5.48. The van der Waals surface area contributed by atoms with E-state index >= 15 is 0 Å². The van der Waals surface area contributed by atoms with Gasteiger partial charge in [0, 0.05) is 9.95 Å². The van der Waals surface area contributed by atoms with Gasteiger partial charge in [-0.25, -0.2) is 4.79 Å². The molecule has 1 aromatic rings. The van der Waals surface area contributed by atoms with Crippen LogP contribution in [0.25, 0.3) is 0 Å². The van der Waals surface area contributed by atoms with Crippen LogP contribution in [0.2, 0.25) is 5.02 Å². The first-order chi connectivity index (χ1) is 10.8. The number of nitro groups is 1. The van der Waals surface area contributed by atoms with Gasteiger partial charge in [-0.05, 0) is 24.6 Å². The van der Waals surface area contributed by atoms with Crippen molar-refractivity contribution in [1.29, 1.82) is 5.26 Å². The summed E-state index contributed by atoms with van der Waals surface area (Å²) in [5, 5.41) is 21.1. The maximum Gasteiger partial charge on any atom is 0.382 e. The van der Waals surface area contributed by atoms with E-state index in [1.54, 1.807) is 0 Å². The van der Waals surface area contributed by atoms with Crippen LogP contribution in [-0.2, 0) is 9.53 Å². The minimum Gasteiger partial charge on any atom is -0.461 e. The highest BCUT2D eigenvalue weighted by Crippen LogP contribution is 2.31. The summed E-state index contributed by atoms with van der Waals surface area (Å²) in [4.78, 5) is 22.4. The monoisotopic (exact) mass is 355 g/mol. The fourth-order valence-electron chi connectivity index (χ4n) is 2.15. The van der Waals surface area contributed by atoms with E-state index in [1.807, 2.05) is 6.07 Å². The Balaban J connectivity index is 3.44. The lowest BCUT2D eigenvalue weighted by Gasteiger charge is -2.23. The molecule has 0 saturated carbocycles. The van der Waals surface area contributed by atoms with Gasteiger partial charge in [-0.2, -0.15) is 5.26 Å². The van der Waals surface area contributed by atoms with Crippen LogP contribution in [0.3, 0.4) is 0 Å². The average Bonchev–Trinajstić information content (AvgIpc) is 2.47. The number of nitriles is 1. The zero-order valence-corrected chi connectivity index (χ0v) is 13.7. The maximum atomic E-state index is 12.0. The third kappa shape index (κ3) is 4.61. The molecular weight excluding hydrogens is 342 g/mol. The molecule has 0 aliphatic carbocycles. The number of carbonyl (C=O) groups excluding carboxylic acids is 1. The summed E-state index contributed by atoms with van der Waals surface area (Å²) in [6.07, 6.45) is 0. The minimum atomic E-state index is -1.80. The first-order valence-corrected chi connectivity index (χ1v) is 7.36. The van der Waals surface area contributed by atoms with Crippen molar-refractivity contribution >= 4 is 34.8 Å². The van der Waals surface area contributed by atoms with Crippen molar-refractivity contribution in [2.75, 3.05) is 6.61 Å². The quantitative estimate of drug-likeness (QED) is 0.344. The molecule has 23 heavy (non-hydrogen) atoms. The smallest absolute Gasteiger partial charge is 0.382 e. The SMILES string of the molecule is CCOC(=O)C(C(c1ccc(Cl)cc1)C(C#N)C(N)=S)[N+](=O)[O-]. The molecule has 0 aromatic heterocycles. The van der Waals surface area contributed by atoms with Crippen molar-refractivity contribution in [3.8, 4) is 6.07 Å². The average molecular weight is 356 g/mol. The molecule has 1 rings (SSSR count). The molecule has 0 fully saturated rings. The fourth-order valence-corrected chi connectivity index (χ4v) is 2.48. The van der Waals surface area contributed by atoms with Gasteiger partial charge in [-0.3, -0.25) is 10.1 Å². The number of nitrogens with zero attached hydrogens (tertiary/aromatic N) is 2. The van der Waals surface area contributed by atoms with Crippen molar-refractivity contribution < 1.29 is 14.5 Å². The van der Waals surface area contributed by atoms with Crippen LogP contribution in [0.15, 0.2) is 24.3 Å². The second-order valence-electron chi connectivity index (χ2n) is 4.57. The number of nitrogens with two attached hydrogens (primary N) is 1. The Kier molecular flexibility index (Phi) is 6.88. The summed E-state index contributed by atoms with van der Waals surface area (Å²) in [7, 11) is 0. The van der Waals surface area contributed by atoms with Crippen molar-refractivity contribution in [2.24, 2.45) is 11.7 Å². The van der Waals surface area contributed by atoms with E-state index in [2.05, 4.69) is 0 Å². The van der Waals surface area contributed by atoms with E-state index in [1.165, 1.54) is 31.2 Å². The normalized spacial score (nSPS) is 14.1. The topological polar surface area (TPSA) is 119 Å². The molecule has 1 aromatic carbocycles. The third-order valence-electron chi connectivity index (χ3n) is 3.16. The highest BCUT2D eigenvalue weighted by atomic mass is 35.5. The van der Waals surface area contributed by atoms with Gasteiger partial charge in [0.05, 0.1) is 23.6 Å². The summed E-state index contributed by atoms with van der Waals surface area (Å²) in [5.74, 6) is -3.43. The van der Waals surface area contributed by atoms with Crippen molar-refractivity contribution in [3.63, 3.8) is 0 Å². The van der Waals surface area contributed by atoms with Crippen molar-refractivity contribution in [1.82, 2.24) is 0 Å². The standard InChI is InChI=1S/C14H14ClN3O4S/c1-2-22-14(19)12(18(20)21)11(10(7-16)13(17)23)8-3-5-9(15)6-4-8/h3-6,10-12H,2H2,1H3,(H2,17,23). The van der Waals surface area contributed by atoms with E-state index < -0.39 is 28.8 Å². The highest BCUT2D eigenvalue weighted by molar-refractivity contribution is 7.80. The van der Waals surface area contributed by atoms with E-state index in [9.17, 15) is 20.2 Å². The second kappa shape index (κ2) is 8.41. The molecule has 0 bridgehead atoms. The first kappa shape index (κ1) is 18.8. The Morgan fingerprint density at radius 2 is 2.09 bits per heavy atom. The van der Waals surface area contributed by atoms with E-state index in [-0.39, 0.29) is 11.6 Å². The largest absolute Gasteiger partial charge is 0.461 e. The molecule has 3 atom stereocenters. The molecule has 0 amide bonds. The van der Waals surface area contributed by atoms with Crippen LogP contribution >= 0.6 is 23.8 Å². The van der Waals surface area contributed by atoms with Gasteiger partial charge < -0.3 is 10.5 Å². The minimum absolute atomic E-state index is 0.0270. The van der Waals surface area contributed by atoms with Crippen molar-refractivity contribution in [3.05, 3.63) is 45.0 Å². The van der Waals surface area contributed by atoms with Crippen LogP contribution in [0.1, 0.15) is 18.4 Å². The number of halogens is 1. The molecule has 2 N–H and O–H groups in total. The number of ether oxygens (including phenoxy) is 1. The third-order valence-corrected chi connectivity index (χ3v) is 3.66. The van der Waals surface area contributed by atoms with E-state index in [0.29, 0.717) is 10.6 Å². The van der Waals surface area contributed by atoms with Crippen LogP contribution in [0, 0.1) is 27.4 Å². The molecular formula is C14H14ClN3O4S. The van der Waals surface area contributed by atoms with E-state index in [0.717, 1.165) is 0 Å². The van der Waals surface area contributed by atoms with Gasteiger partial charge in [-0.15, -0.1) is 0 Å². The van der Waals surface area contributed by atoms with Crippen molar-refractivity contribution in [2.45, 2.75) is 18.9 Å². The molecule has 0 saturated heterocycles. The molecule has 0 radical (unpaired) electrons. The van der Waals surface area contributed by atoms with Crippen LogP contribution in [0.4, 0.5) is 0 Å². The predicted molar refractivity (Wildman–Crippen MR) is 87.5 cm³/mol. The highest BCUT2D eigenvalue weighted by Gasteiger charge is 2.46. The number of carbonyl (C=O) groups is 1. The maximum absolute atomic E-state index is 12.0. The lowest BCUT2D eigenvalue weighted by Crippen LogP contribution is -2.43. The van der Waals surface area contributed by atoms with Gasteiger partial charge in [-0.1, -0.05) is 36.0 Å². The van der Waals surface area contributed by atoms with Gasteiger partial charge in [0.25, 0.3) is 0 Å². The Hall–Kier alpha value is -2.24. The number of rotatable bonds is 7. The van der Waals surface area contributed by atoms with Crippen LogP contribution in [0.5, 0.6) is 0 Å². The lowest BCUT2D eigenvalue weighted by atomic mass is 9.81. The number of esters is 1. The van der Waals surface area contributed by atoms with Gasteiger partial charge in [0.1, 0.15) is 5.92 Å². The summed E-state index contributed by atoms with van der Waals surface area (Å²) in [6, 6.07) is 6.02. The summed E-state index contributed by atoms with van der Waals surface area (Å²) < 4.78 is 4.77. The van der Waals surface area contributed by atoms with Gasteiger partial charge in [0.2, 0.25) is 0 Å². The molecule has 0 aliphatic rings. The number of thiocarbonyl (C=S) groups is 1. The van der Waals surface area contributed by atoms with Gasteiger partial charge in [0.15, 0.2) is 0 Å². The number of hydrogen-bond acceptors (Lipinski definition) is 6. The Morgan fingerprint density at radius 1 is 1.52 bits per heavy atom. The number of hydrogen-bond donors (Lipinski definition) is 1. The predicted octanol–water partition coefficient (Wildman–Crippen LogP) is 2.06. The Labute approximate surface area is 143 Å². The fraction of sp³-hybridized carbons (Fsp3) is 0.357. The Morgan fingerprint density at radius 3 is 2.48 bits per heavy atom. The summed E-state index contributed by atoms with van der Waals surface area (Å²) in [6.45, 7) is 1.50. The molecule has 0 aliphatic heterocycles. The molecule has 7 nitrogen and oxygen atoms in total. The molecule has 9 heteroatoms.